The van der Waals surface area contributed by atoms with Gasteiger partial charge in [-0.2, -0.15) is 0 Å². The van der Waals surface area contributed by atoms with Crippen molar-refractivity contribution < 1.29 is 33.0 Å². The Hall–Kier alpha value is -4.04. The van der Waals surface area contributed by atoms with Crippen LogP contribution in [0.3, 0.4) is 0 Å². The van der Waals surface area contributed by atoms with E-state index in [4.69, 9.17) is 9.47 Å². The Morgan fingerprint density at radius 1 is 0.810 bits per heavy atom. The molecule has 3 aromatic carbocycles. The third kappa shape index (κ3) is 7.62. The summed E-state index contributed by atoms with van der Waals surface area (Å²) in [5.41, 5.74) is 1.39. The van der Waals surface area contributed by atoms with Crippen LogP contribution < -0.4 is 5.19 Å². The maximum atomic E-state index is 15.6. The van der Waals surface area contributed by atoms with Crippen LogP contribution in [-0.4, -0.2) is 25.1 Å². The number of esters is 2. The first-order valence-corrected chi connectivity index (χ1v) is 17.1. The number of hydrogen-bond acceptors (Lipinski definition) is 5. The van der Waals surface area contributed by atoms with Gasteiger partial charge in [0.2, 0.25) is 0 Å². The van der Waals surface area contributed by atoms with Crippen molar-refractivity contribution in [3.8, 4) is 28.0 Å². The Morgan fingerprint density at radius 3 is 1.69 bits per heavy atom. The van der Waals surface area contributed by atoms with E-state index in [9.17, 15) is 14.7 Å². The highest BCUT2D eigenvalue weighted by Gasteiger charge is 2.24. The molecule has 0 amide bonds. The fraction of sp³-hybridized carbons (Fsp3) is 0.294. The number of phenols is 1. The van der Waals surface area contributed by atoms with Crippen molar-refractivity contribution >= 4 is 25.2 Å². The number of benzene rings is 3. The van der Waals surface area contributed by atoms with Crippen LogP contribution in [-0.2, 0) is 32.3 Å². The maximum absolute atomic E-state index is 15.6. The van der Waals surface area contributed by atoms with E-state index < -0.39 is 31.6 Å². The highest BCUT2D eigenvalue weighted by Crippen LogP contribution is 2.36. The fourth-order valence-electron chi connectivity index (χ4n) is 4.53. The van der Waals surface area contributed by atoms with Gasteiger partial charge in [0.05, 0.1) is 8.07 Å². The topological polar surface area (TPSA) is 72.8 Å². The molecule has 42 heavy (non-hydrogen) atoms. The number of rotatable bonds is 12. The van der Waals surface area contributed by atoms with Gasteiger partial charge in [-0.15, -0.1) is 0 Å². The van der Waals surface area contributed by atoms with Gasteiger partial charge in [-0.05, 0) is 37.1 Å². The standard InChI is InChI=1S/C34H38F2O5Si/c1-8-9-16-42(6,7)27-12-10-23(11-13-27)28-14-15-29(31(36)30(28)35)24-17-25(19-40-33(38)21(2)3)32(37)26(18-24)20-41-34(39)22(4)5/h10-15,17-18,37H,2,4,8-9,16,19-20H2,1,3,5-7H3. The second-order valence-electron chi connectivity index (χ2n) is 11.2. The molecule has 0 aliphatic carbocycles. The molecular weight excluding hydrogens is 554 g/mol. The molecule has 0 aliphatic rings. The predicted molar refractivity (Wildman–Crippen MR) is 165 cm³/mol. The minimum absolute atomic E-state index is 0.0686. The third-order valence-electron chi connectivity index (χ3n) is 7.21. The first-order valence-electron chi connectivity index (χ1n) is 13.9. The van der Waals surface area contributed by atoms with Gasteiger partial charge in [0, 0.05) is 33.4 Å². The van der Waals surface area contributed by atoms with Crippen molar-refractivity contribution in [2.45, 2.75) is 66.0 Å². The molecule has 0 aromatic heterocycles. The Balaban J connectivity index is 2.01. The van der Waals surface area contributed by atoms with Crippen LogP contribution in [0.15, 0.2) is 72.8 Å². The number of aromatic hydroxyl groups is 1. The quantitative estimate of drug-likeness (QED) is 0.131. The normalized spacial score (nSPS) is 11.2. The Bertz CT molecular complexity index is 1460. The summed E-state index contributed by atoms with van der Waals surface area (Å²) in [6.07, 6.45) is 2.30. The first kappa shape index (κ1) is 32.5. The lowest BCUT2D eigenvalue weighted by Gasteiger charge is -2.23. The van der Waals surface area contributed by atoms with Crippen LogP contribution in [0.25, 0.3) is 22.3 Å². The monoisotopic (exact) mass is 592 g/mol. The molecule has 5 nitrogen and oxygen atoms in total. The zero-order valence-corrected chi connectivity index (χ0v) is 25.9. The molecule has 0 saturated heterocycles. The average molecular weight is 593 g/mol. The summed E-state index contributed by atoms with van der Waals surface area (Å²) in [5.74, 6) is -3.75. The van der Waals surface area contributed by atoms with Crippen molar-refractivity contribution in [1.82, 2.24) is 0 Å². The summed E-state index contributed by atoms with van der Waals surface area (Å²) in [6.45, 7) is 16.1. The van der Waals surface area contributed by atoms with Gasteiger partial charge in [0.1, 0.15) is 19.0 Å². The molecule has 8 heteroatoms. The summed E-state index contributed by atoms with van der Waals surface area (Å²) in [6, 6.07) is 14.6. The molecule has 0 heterocycles. The number of carbonyl (C=O) groups is 2. The summed E-state index contributed by atoms with van der Waals surface area (Å²) < 4.78 is 41.5. The van der Waals surface area contributed by atoms with Gasteiger partial charge < -0.3 is 14.6 Å². The van der Waals surface area contributed by atoms with Gasteiger partial charge >= 0.3 is 11.9 Å². The second kappa shape index (κ2) is 13.7. The lowest BCUT2D eigenvalue weighted by Crippen LogP contribution is -2.40. The number of phenolic OH excluding ortho intramolecular Hbond substituents is 1. The van der Waals surface area contributed by atoms with Gasteiger partial charge in [0.25, 0.3) is 0 Å². The van der Waals surface area contributed by atoms with Crippen LogP contribution in [0.4, 0.5) is 8.78 Å². The van der Waals surface area contributed by atoms with Gasteiger partial charge in [-0.3, -0.25) is 0 Å². The van der Waals surface area contributed by atoms with E-state index in [-0.39, 0.29) is 57.9 Å². The Kier molecular flexibility index (Phi) is 10.6. The van der Waals surface area contributed by atoms with Crippen LogP contribution >= 0.6 is 0 Å². The fourth-order valence-corrected chi connectivity index (χ4v) is 7.12. The molecule has 1 N–H and O–H groups in total. The van der Waals surface area contributed by atoms with E-state index in [1.165, 1.54) is 43.3 Å². The van der Waals surface area contributed by atoms with E-state index in [0.717, 1.165) is 18.9 Å². The van der Waals surface area contributed by atoms with Crippen molar-refractivity contribution in [2.75, 3.05) is 0 Å². The molecule has 0 aliphatic heterocycles. The summed E-state index contributed by atoms with van der Waals surface area (Å²) >= 11 is 0. The number of hydrogen-bond donors (Lipinski definition) is 1. The predicted octanol–water partition coefficient (Wildman–Crippen LogP) is 7.96. The van der Waals surface area contributed by atoms with Crippen LogP contribution in [0.5, 0.6) is 5.75 Å². The minimum atomic E-state index is -1.62. The largest absolute Gasteiger partial charge is 0.507 e. The highest BCUT2D eigenvalue weighted by molar-refractivity contribution is 6.89. The SMILES string of the molecule is C=C(C)C(=O)OCc1cc(-c2ccc(-c3ccc([Si](C)(C)CCCC)cc3)c(F)c2F)cc(COC(=O)C(=C)C)c1O. The molecule has 0 spiro atoms. The molecule has 3 aromatic rings. The molecular formula is C34H38F2O5Si. The van der Waals surface area contributed by atoms with Crippen molar-refractivity contribution in [2.24, 2.45) is 0 Å². The molecule has 0 unspecified atom stereocenters. The number of ether oxygens (including phenoxy) is 2. The molecule has 0 saturated carbocycles. The zero-order valence-electron chi connectivity index (χ0n) is 24.9. The van der Waals surface area contributed by atoms with Crippen molar-refractivity contribution in [1.29, 1.82) is 0 Å². The van der Waals surface area contributed by atoms with E-state index in [1.54, 1.807) is 0 Å². The average Bonchev–Trinajstić information content (AvgIpc) is 2.96. The Labute approximate surface area is 247 Å². The number of carbonyl (C=O) groups excluding carboxylic acids is 2. The van der Waals surface area contributed by atoms with Gasteiger partial charge in [0.15, 0.2) is 11.6 Å². The first-order chi connectivity index (χ1) is 19.8. The highest BCUT2D eigenvalue weighted by atomic mass is 28.3. The third-order valence-corrected chi connectivity index (χ3v) is 10.7. The van der Waals surface area contributed by atoms with Crippen LogP contribution in [0.2, 0.25) is 19.1 Å². The molecule has 0 bridgehead atoms. The number of unbranched alkanes of at least 4 members (excludes halogenated alkanes) is 1. The minimum Gasteiger partial charge on any atom is -0.507 e. The summed E-state index contributed by atoms with van der Waals surface area (Å²) in [4.78, 5) is 23.9. The second-order valence-corrected chi connectivity index (χ2v) is 16.1. The lowest BCUT2D eigenvalue weighted by atomic mass is 9.95. The van der Waals surface area contributed by atoms with Gasteiger partial charge in [-0.1, -0.05) is 93.6 Å². The van der Waals surface area contributed by atoms with E-state index in [2.05, 4.69) is 33.2 Å². The van der Waals surface area contributed by atoms with Crippen LogP contribution in [0.1, 0.15) is 44.7 Å². The van der Waals surface area contributed by atoms with Gasteiger partial charge in [-0.25, -0.2) is 18.4 Å². The van der Waals surface area contributed by atoms with Crippen molar-refractivity contribution in [3.63, 3.8) is 0 Å². The number of halogens is 2. The molecule has 0 fully saturated rings. The molecule has 0 atom stereocenters. The van der Waals surface area contributed by atoms with Crippen LogP contribution in [0, 0.1) is 11.6 Å². The molecule has 222 valence electrons. The van der Waals surface area contributed by atoms with E-state index in [0.29, 0.717) is 5.56 Å². The summed E-state index contributed by atoms with van der Waals surface area (Å²) in [5, 5.41) is 12.1. The maximum Gasteiger partial charge on any atom is 0.333 e. The Morgan fingerprint density at radius 2 is 1.26 bits per heavy atom. The van der Waals surface area contributed by atoms with E-state index in [1.807, 2.05) is 24.3 Å². The smallest absolute Gasteiger partial charge is 0.333 e. The van der Waals surface area contributed by atoms with E-state index >= 15 is 8.78 Å². The zero-order chi connectivity index (χ0) is 31.2. The lowest BCUT2D eigenvalue weighted by molar-refractivity contribution is -0.140. The molecule has 3 rings (SSSR count). The van der Waals surface area contributed by atoms with Crippen molar-refractivity contribution in [3.05, 3.63) is 95.6 Å². The summed E-state index contributed by atoms with van der Waals surface area (Å²) in [7, 11) is -1.62. The molecule has 0 radical (unpaired) electrons.